The quantitative estimate of drug-likeness (QED) is 0.613. The first kappa shape index (κ1) is 22.8. The number of benzene rings is 1. The SMILES string of the molecule is C=C/C=C\C(=C)C(=C)/C(=C(/N)NC)c1ccc2c(c1)[nH]c(=O)n2C(C)C.CC. The standard InChI is InChI=1S/C21H26N4O.C2H6/c1-7-8-9-14(4)15(5)19(20(22)23-6)16-10-11-18-17(12-16)24-21(26)25(18)13(2)3;1-2/h7-13,23H,1,4-5,22H2,2-3,6H3,(H,24,26);1-2H3/b9-8-,20-19+;. The Morgan fingerprint density at radius 1 is 1.29 bits per heavy atom. The third-order valence-electron chi connectivity index (χ3n) is 4.18. The molecule has 5 heteroatoms. The summed E-state index contributed by atoms with van der Waals surface area (Å²) in [6.45, 7) is 19.8. The van der Waals surface area contributed by atoms with Crippen LogP contribution in [0.5, 0.6) is 0 Å². The van der Waals surface area contributed by atoms with Crippen molar-refractivity contribution >= 4 is 16.6 Å². The highest BCUT2D eigenvalue weighted by atomic mass is 16.1. The normalized spacial score (nSPS) is 11.8. The Hall–Kier alpha value is -3.21. The van der Waals surface area contributed by atoms with E-state index < -0.39 is 0 Å². The average molecular weight is 381 g/mol. The number of hydrogen-bond donors (Lipinski definition) is 3. The molecule has 2 aromatic rings. The van der Waals surface area contributed by atoms with Crippen LogP contribution >= 0.6 is 0 Å². The van der Waals surface area contributed by atoms with Gasteiger partial charge in [0.05, 0.1) is 11.0 Å². The van der Waals surface area contributed by atoms with Gasteiger partial charge in [-0.1, -0.05) is 57.9 Å². The van der Waals surface area contributed by atoms with Gasteiger partial charge in [0.1, 0.15) is 5.82 Å². The Balaban J connectivity index is 0.00000190. The van der Waals surface area contributed by atoms with Crippen LogP contribution in [0.1, 0.15) is 39.3 Å². The second-order valence-electron chi connectivity index (χ2n) is 6.26. The predicted octanol–water partition coefficient (Wildman–Crippen LogP) is 4.64. The number of fused-ring (bicyclic) bond motifs is 1. The van der Waals surface area contributed by atoms with Crippen LogP contribution in [0.4, 0.5) is 0 Å². The molecule has 0 atom stereocenters. The third-order valence-corrected chi connectivity index (χ3v) is 4.18. The summed E-state index contributed by atoms with van der Waals surface area (Å²) in [4.78, 5) is 15.1. The first-order chi connectivity index (χ1) is 13.3. The van der Waals surface area contributed by atoms with E-state index in [-0.39, 0.29) is 11.7 Å². The van der Waals surface area contributed by atoms with Crippen molar-refractivity contribution in [2.45, 2.75) is 33.7 Å². The summed E-state index contributed by atoms with van der Waals surface area (Å²) in [6, 6.07) is 5.83. The molecule has 0 bridgehead atoms. The van der Waals surface area contributed by atoms with Crippen molar-refractivity contribution in [1.29, 1.82) is 0 Å². The maximum Gasteiger partial charge on any atom is 0.326 e. The minimum atomic E-state index is -0.128. The highest BCUT2D eigenvalue weighted by molar-refractivity contribution is 5.89. The van der Waals surface area contributed by atoms with Crippen molar-refractivity contribution in [2.75, 3.05) is 7.05 Å². The summed E-state index contributed by atoms with van der Waals surface area (Å²) in [5.74, 6) is 0.480. The van der Waals surface area contributed by atoms with Crippen molar-refractivity contribution < 1.29 is 0 Å². The van der Waals surface area contributed by atoms with Gasteiger partial charge in [-0.2, -0.15) is 0 Å². The van der Waals surface area contributed by atoms with Crippen LogP contribution in [0.15, 0.2) is 77.9 Å². The number of nitrogens with two attached hydrogens (primary N) is 1. The van der Waals surface area contributed by atoms with Crippen LogP contribution in [0.2, 0.25) is 0 Å². The number of imidazole rings is 1. The monoisotopic (exact) mass is 380 g/mol. The molecule has 1 aromatic heterocycles. The second-order valence-corrected chi connectivity index (χ2v) is 6.26. The molecule has 0 saturated heterocycles. The van der Waals surface area contributed by atoms with Crippen LogP contribution in [-0.2, 0) is 0 Å². The molecule has 150 valence electrons. The van der Waals surface area contributed by atoms with E-state index in [4.69, 9.17) is 5.73 Å². The topological polar surface area (TPSA) is 75.8 Å². The van der Waals surface area contributed by atoms with E-state index >= 15 is 0 Å². The van der Waals surface area contributed by atoms with E-state index in [1.807, 2.05) is 52.0 Å². The Bertz CT molecular complexity index is 984. The van der Waals surface area contributed by atoms with Crippen LogP contribution in [-0.4, -0.2) is 16.6 Å². The van der Waals surface area contributed by atoms with Gasteiger partial charge in [0, 0.05) is 18.7 Å². The number of hydrogen-bond acceptors (Lipinski definition) is 3. The smallest absolute Gasteiger partial charge is 0.326 e. The molecule has 0 aliphatic carbocycles. The van der Waals surface area contributed by atoms with Gasteiger partial charge < -0.3 is 16.0 Å². The highest BCUT2D eigenvalue weighted by Gasteiger charge is 2.15. The lowest BCUT2D eigenvalue weighted by atomic mass is 9.93. The number of nitrogens with one attached hydrogen (secondary N) is 2. The molecule has 0 fully saturated rings. The van der Waals surface area contributed by atoms with Gasteiger partial charge in [0.15, 0.2) is 0 Å². The van der Waals surface area contributed by atoms with Crippen LogP contribution in [0.25, 0.3) is 16.6 Å². The minimum Gasteiger partial charge on any atom is -0.385 e. The van der Waals surface area contributed by atoms with Crippen molar-refractivity contribution in [3.8, 4) is 0 Å². The van der Waals surface area contributed by atoms with Gasteiger partial charge in [0.2, 0.25) is 0 Å². The summed E-state index contributed by atoms with van der Waals surface area (Å²) in [5, 5.41) is 2.97. The minimum absolute atomic E-state index is 0.0678. The lowest BCUT2D eigenvalue weighted by Crippen LogP contribution is -2.18. The Kier molecular flexibility index (Phi) is 8.32. The molecule has 0 spiro atoms. The van der Waals surface area contributed by atoms with Crippen LogP contribution in [0.3, 0.4) is 0 Å². The summed E-state index contributed by atoms with van der Waals surface area (Å²) >= 11 is 0. The summed E-state index contributed by atoms with van der Waals surface area (Å²) in [6.07, 6.45) is 5.30. The number of allylic oxidation sites excluding steroid dienone is 6. The predicted molar refractivity (Wildman–Crippen MR) is 122 cm³/mol. The maximum absolute atomic E-state index is 12.2. The molecule has 0 aliphatic rings. The fraction of sp³-hybridized carbons (Fsp3) is 0.261. The summed E-state index contributed by atoms with van der Waals surface area (Å²) in [7, 11) is 1.75. The van der Waals surface area contributed by atoms with E-state index in [9.17, 15) is 4.79 Å². The molecule has 0 amide bonds. The molecular weight excluding hydrogens is 348 g/mol. The van der Waals surface area contributed by atoms with Gasteiger partial charge in [-0.15, -0.1) is 0 Å². The first-order valence-electron chi connectivity index (χ1n) is 9.41. The lowest BCUT2D eigenvalue weighted by molar-refractivity contribution is 0.598. The molecule has 0 aliphatic heterocycles. The van der Waals surface area contributed by atoms with Crippen molar-refractivity contribution in [1.82, 2.24) is 14.9 Å². The van der Waals surface area contributed by atoms with Crippen LogP contribution in [0, 0.1) is 0 Å². The van der Waals surface area contributed by atoms with Crippen LogP contribution < -0.4 is 16.7 Å². The summed E-state index contributed by atoms with van der Waals surface area (Å²) < 4.78 is 1.73. The molecular formula is C23H32N4O. The molecule has 28 heavy (non-hydrogen) atoms. The van der Waals surface area contributed by atoms with E-state index in [0.29, 0.717) is 11.4 Å². The summed E-state index contributed by atoms with van der Waals surface area (Å²) in [5.41, 5.74) is 10.7. The van der Waals surface area contributed by atoms with Gasteiger partial charge in [-0.25, -0.2) is 4.79 Å². The molecule has 1 aromatic carbocycles. The van der Waals surface area contributed by atoms with E-state index in [2.05, 4.69) is 30.0 Å². The van der Waals surface area contributed by atoms with Gasteiger partial charge in [-0.3, -0.25) is 4.57 Å². The number of nitrogens with zero attached hydrogens (tertiary/aromatic N) is 1. The zero-order valence-corrected chi connectivity index (χ0v) is 17.6. The number of H-pyrrole nitrogens is 1. The van der Waals surface area contributed by atoms with E-state index in [0.717, 1.165) is 27.7 Å². The fourth-order valence-corrected chi connectivity index (χ4v) is 2.86. The molecule has 0 unspecified atom stereocenters. The van der Waals surface area contributed by atoms with Gasteiger partial charge in [-0.05, 0) is 42.7 Å². The zero-order valence-electron chi connectivity index (χ0n) is 17.6. The first-order valence-corrected chi connectivity index (χ1v) is 9.41. The Morgan fingerprint density at radius 3 is 2.46 bits per heavy atom. The molecule has 0 saturated carbocycles. The fourth-order valence-electron chi connectivity index (χ4n) is 2.86. The number of rotatable bonds is 7. The van der Waals surface area contributed by atoms with Crippen molar-refractivity contribution in [3.05, 3.63) is 89.2 Å². The van der Waals surface area contributed by atoms with Gasteiger partial charge in [0.25, 0.3) is 0 Å². The number of aromatic nitrogens is 2. The Morgan fingerprint density at radius 2 is 1.93 bits per heavy atom. The average Bonchev–Trinajstić information content (AvgIpc) is 3.02. The molecule has 2 rings (SSSR count). The maximum atomic E-state index is 12.2. The zero-order chi connectivity index (χ0) is 21.4. The Labute approximate surface area is 167 Å². The third kappa shape index (κ3) is 4.74. The lowest BCUT2D eigenvalue weighted by Gasteiger charge is -2.16. The van der Waals surface area contributed by atoms with E-state index in [1.54, 1.807) is 23.8 Å². The molecule has 1 heterocycles. The molecule has 0 radical (unpaired) electrons. The van der Waals surface area contributed by atoms with E-state index in [1.165, 1.54) is 0 Å². The highest BCUT2D eigenvalue weighted by Crippen LogP contribution is 2.30. The largest absolute Gasteiger partial charge is 0.385 e. The molecule has 4 N–H and O–H groups in total. The van der Waals surface area contributed by atoms with Crippen molar-refractivity contribution in [3.63, 3.8) is 0 Å². The second kappa shape index (κ2) is 10.2. The molecule has 5 nitrogen and oxygen atoms in total. The van der Waals surface area contributed by atoms with Gasteiger partial charge >= 0.3 is 5.69 Å². The number of aromatic amines is 1. The van der Waals surface area contributed by atoms with Crippen molar-refractivity contribution in [2.24, 2.45) is 5.73 Å².